The average Bonchev–Trinajstić information content (AvgIpc) is 2.25. The summed E-state index contributed by atoms with van der Waals surface area (Å²) in [6, 6.07) is 0. The zero-order valence-electron chi connectivity index (χ0n) is 10.3. The first-order chi connectivity index (χ1) is 7.73. The van der Waals surface area contributed by atoms with Crippen LogP contribution in [0, 0.1) is 0 Å². The molecule has 0 aromatic carbocycles. The molecule has 0 saturated heterocycles. The van der Waals surface area contributed by atoms with E-state index in [4.69, 9.17) is 24.4 Å². The molecule has 0 radical (unpaired) electrons. The lowest BCUT2D eigenvalue weighted by atomic mass is 10.8. The second-order valence-corrected chi connectivity index (χ2v) is 6.28. The predicted octanol–water partition coefficient (Wildman–Crippen LogP) is -0.812. The van der Waals surface area contributed by atoms with Gasteiger partial charge in [0.2, 0.25) is 0 Å². The lowest BCUT2D eigenvalue weighted by Crippen LogP contribution is -2.43. The van der Waals surface area contributed by atoms with E-state index in [1.165, 1.54) is 9.80 Å². The Morgan fingerprint density at radius 1 is 1.00 bits per heavy atom. The lowest BCUT2D eigenvalue weighted by molar-refractivity contribution is 0.505. The number of sulfone groups is 1. The first-order valence-corrected chi connectivity index (χ1v) is 7.43. The number of nitrogens with zero attached hydrogens (tertiary/aromatic N) is 2. The van der Waals surface area contributed by atoms with Crippen molar-refractivity contribution in [3.8, 4) is 0 Å². The third-order valence-corrected chi connectivity index (χ3v) is 4.49. The molecule has 0 atom stereocenters. The van der Waals surface area contributed by atoms with Gasteiger partial charge in [-0.3, -0.25) is 0 Å². The smallest absolute Gasteiger partial charge is 0.186 e. The molecule has 9 heteroatoms. The molecule has 0 heterocycles. The van der Waals surface area contributed by atoms with Gasteiger partial charge in [-0.1, -0.05) is 0 Å². The van der Waals surface area contributed by atoms with Crippen molar-refractivity contribution in [2.75, 3.05) is 39.9 Å². The maximum atomic E-state index is 11.8. The van der Waals surface area contributed by atoms with Crippen LogP contribution in [0.1, 0.15) is 0 Å². The molecule has 0 aliphatic heterocycles. The van der Waals surface area contributed by atoms with Crippen LogP contribution in [0.4, 0.5) is 0 Å². The standard InChI is InChI=1S/C8H18N4O2S3/c1-9-7(15)11(3)5-17(13,14)6-12(4)8(16)10-2/h5-6H2,1-4H3,(H,9,15)(H,10,16). The van der Waals surface area contributed by atoms with E-state index in [0.717, 1.165) is 0 Å². The molecule has 0 saturated carbocycles. The minimum atomic E-state index is -3.29. The minimum Gasteiger partial charge on any atom is -0.366 e. The highest BCUT2D eigenvalue weighted by Crippen LogP contribution is 1.98. The van der Waals surface area contributed by atoms with Crippen molar-refractivity contribution in [2.24, 2.45) is 0 Å². The van der Waals surface area contributed by atoms with Gasteiger partial charge in [-0.25, -0.2) is 8.42 Å². The van der Waals surface area contributed by atoms with Crippen LogP contribution in [0.3, 0.4) is 0 Å². The molecule has 0 fully saturated rings. The van der Waals surface area contributed by atoms with Crippen molar-refractivity contribution in [1.82, 2.24) is 20.4 Å². The maximum absolute atomic E-state index is 11.8. The van der Waals surface area contributed by atoms with Crippen molar-refractivity contribution in [2.45, 2.75) is 0 Å². The first-order valence-electron chi connectivity index (χ1n) is 4.79. The van der Waals surface area contributed by atoms with E-state index in [2.05, 4.69) is 10.6 Å². The van der Waals surface area contributed by atoms with E-state index in [1.807, 2.05) is 0 Å². The Bertz CT molecular complexity index is 352. The molecule has 100 valence electrons. The van der Waals surface area contributed by atoms with Crippen LogP contribution in [0.2, 0.25) is 0 Å². The molecule has 0 aromatic rings. The largest absolute Gasteiger partial charge is 0.366 e. The summed E-state index contributed by atoms with van der Waals surface area (Å²) in [6.45, 7) is 0. The third kappa shape index (κ3) is 5.99. The molecule has 6 nitrogen and oxygen atoms in total. The predicted molar refractivity (Wildman–Crippen MR) is 77.5 cm³/mol. The quantitative estimate of drug-likeness (QED) is 0.653. The number of nitrogens with one attached hydrogen (secondary N) is 2. The van der Waals surface area contributed by atoms with Crippen LogP contribution < -0.4 is 10.6 Å². The Labute approximate surface area is 113 Å². The molecule has 0 rings (SSSR count). The van der Waals surface area contributed by atoms with Gasteiger partial charge >= 0.3 is 0 Å². The van der Waals surface area contributed by atoms with Crippen molar-refractivity contribution < 1.29 is 8.42 Å². The summed E-state index contributed by atoms with van der Waals surface area (Å²) in [7, 11) is 3.24. The molecule has 0 aliphatic carbocycles. The van der Waals surface area contributed by atoms with Gasteiger partial charge in [0.05, 0.1) is 0 Å². The highest BCUT2D eigenvalue weighted by Gasteiger charge is 2.18. The summed E-state index contributed by atoms with van der Waals surface area (Å²) in [5.41, 5.74) is 0. The Morgan fingerprint density at radius 2 is 1.29 bits per heavy atom. The molecular weight excluding hydrogens is 280 g/mol. The van der Waals surface area contributed by atoms with Crippen LogP contribution in [-0.4, -0.2) is 68.4 Å². The molecule has 0 bridgehead atoms. The molecule has 0 spiro atoms. The third-order valence-electron chi connectivity index (χ3n) is 1.90. The van der Waals surface area contributed by atoms with E-state index < -0.39 is 9.84 Å². The van der Waals surface area contributed by atoms with Crippen molar-refractivity contribution in [3.05, 3.63) is 0 Å². The maximum Gasteiger partial charge on any atom is 0.186 e. The zero-order valence-corrected chi connectivity index (χ0v) is 12.8. The highest BCUT2D eigenvalue weighted by molar-refractivity contribution is 7.91. The summed E-state index contributed by atoms with van der Waals surface area (Å²) in [5, 5.41) is 6.20. The van der Waals surface area contributed by atoms with Crippen molar-refractivity contribution in [1.29, 1.82) is 0 Å². The van der Waals surface area contributed by atoms with E-state index in [9.17, 15) is 8.42 Å². The van der Waals surface area contributed by atoms with Gasteiger partial charge in [-0.15, -0.1) is 0 Å². The van der Waals surface area contributed by atoms with Gasteiger partial charge in [0.15, 0.2) is 20.1 Å². The second-order valence-electron chi connectivity index (χ2n) is 3.51. The second kappa shape index (κ2) is 6.92. The highest BCUT2D eigenvalue weighted by atomic mass is 32.2. The molecule has 0 amide bonds. The van der Waals surface area contributed by atoms with Crippen LogP contribution in [0.5, 0.6) is 0 Å². The normalized spacial score (nSPS) is 10.6. The van der Waals surface area contributed by atoms with Crippen LogP contribution in [0.25, 0.3) is 0 Å². The fourth-order valence-corrected chi connectivity index (χ4v) is 2.94. The Kier molecular flexibility index (Phi) is 6.65. The summed E-state index contributed by atoms with van der Waals surface area (Å²) in [6.07, 6.45) is 0. The van der Waals surface area contributed by atoms with Gasteiger partial charge < -0.3 is 20.4 Å². The molecule has 0 unspecified atom stereocenters. The number of hydrogen-bond donors (Lipinski definition) is 2. The van der Waals surface area contributed by atoms with Crippen LogP contribution >= 0.6 is 24.4 Å². The molecular formula is C8H18N4O2S3. The molecule has 0 aromatic heterocycles. The SMILES string of the molecule is CNC(=S)N(C)CS(=O)(=O)CN(C)C(=S)NC. The molecule has 0 aliphatic rings. The topological polar surface area (TPSA) is 64.7 Å². The van der Waals surface area contributed by atoms with Gasteiger partial charge in [0.1, 0.15) is 11.8 Å². The number of rotatable bonds is 4. The van der Waals surface area contributed by atoms with E-state index in [0.29, 0.717) is 10.2 Å². The monoisotopic (exact) mass is 298 g/mol. The van der Waals surface area contributed by atoms with Gasteiger partial charge in [0, 0.05) is 28.2 Å². The number of hydrogen-bond acceptors (Lipinski definition) is 4. The Morgan fingerprint density at radius 3 is 1.53 bits per heavy atom. The Hall–Kier alpha value is -0.670. The summed E-state index contributed by atoms with van der Waals surface area (Å²) >= 11 is 9.87. The molecule has 17 heavy (non-hydrogen) atoms. The number of thiocarbonyl (C=S) groups is 2. The fourth-order valence-electron chi connectivity index (χ4n) is 1.13. The van der Waals surface area contributed by atoms with E-state index >= 15 is 0 Å². The van der Waals surface area contributed by atoms with Gasteiger partial charge in [0.25, 0.3) is 0 Å². The fraction of sp³-hybridized carbons (Fsp3) is 0.750. The zero-order chi connectivity index (χ0) is 13.6. The average molecular weight is 298 g/mol. The van der Waals surface area contributed by atoms with E-state index in [-0.39, 0.29) is 11.8 Å². The van der Waals surface area contributed by atoms with Gasteiger partial charge in [-0.2, -0.15) is 0 Å². The van der Waals surface area contributed by atoms with E-state index in [1.54, 1.807) is 28.2 Å². The lowest BCUT2D eigenvalue weighted by Gasteiger charge is -2.23. The van der Waals surface area contributed by atoms with Crippen LogP contribution in [0.15, 0.2) is 0 Å². The summed E-state index contributed by atoms with van der Waals surface area (Å²) in [5.74, 6) is -0.299. The van der Waals surface area contributed by atoms with Crippen molar-refractivity contribution in [3.63, 3.8) is 0 Å². The minimum absolute atomic E-state index is 0.149. The summed E-state index contributed by atoms with van der Waals surface area (Å²) in [4.78, 5) is 2.92. The Balaban J connectivity index is 4.50. The summed E-state index contributed by atoms with van der Waals surface area (Å²) < 4.78 is 23.7. The van der Waals surface area contributed by atoms with Crippen LogP contribution in [-0.2, 0) is 9.84 Å². The molecule has 2 N–H and O–H groups in total. The van der Waals surface area contributed by atoms with Crippen molar-refractivity contribution >= 4 is 44.5 Å². The first kappa shape index (κ1) is 16.3. The van der Waals surface area contributed by atoms with Gasteiger partial charge in [-0.05, 0) is 24.4 Å².